The molecule has 1 saturated heterocycles. The molecule has 0 saturated carbocycles. The Kier molecular flexibility index (Phi) is 4.94. The van der Waals surface area contributed by atoms with Crippen LogP contribution in [0, 0.1) is 6.92 Å². The van der Waals surface area contributed by atoms with Gasteiger partial charge in [-0.2, -0.15) is 0 Å². The number of aromatic nitrogens is 2. The average Bonchev–Trinajstić information content (AvgIpc) is 3.19. The van der Waals surface area contributed by atoms with Crippen LogP contribution in [0.3, 0.4) is 0 Å². The van der Waals surface area contributed by atoms with Gasteiger partial charge in [0.1, 0.15) is 11.6 Å². The van der Waals surface area contributed by atoms with E-state index >= 15 is 0 Å². The number of aryl methyl sites for hydroxylation is 1. The molecule has 0 unspecified atom stereocenters. The van der Waals surface area contributed by atoms with Crippen LogP contribution in [-0.4, -0.2) is 40.2 Å². The number of anilines is 1. The van der Waals surface area contributed by atoms with Gasteiger partial charge in [0.25, 0.3) is 0 Å². The first-order chi connectivity index (χ1) is 11.6. The Morgan fingerprint density at radius 2 is 2.33 bits per heavy atom. The van der Waals surface area contributed by atoms with Crippen molar-refractivity contribution < 1.29 is 9.53 Å². The molecule has 24 heavy (non-hydrogen) atoms. The number of likely N-dealkylation sites (tertiary alicyclic amines) is 1. The zero-order chi connectivity index (χ0) is 17.1. The highest BCUT2D eigenvalue weighted by atomic mass is 35.5. The van der Waals surface area contributed by atoms with Gasteiger partial charge in [0.2, 0.25) is 0 Å². The minimum absolute atomic E-state index is 0.0976. The first-order valence-corrected chi connectivity index (χ1v) is 8.35. The molecule has 2 amide bonds. The Labute approximate surface area is 146 Å². The summed E-state index contributed by atoms with van der Waals surface area (Å²) in [5, 5.41) is 3.45. The number of urea groups is 1. The van der Waals surface area contributed by atoms with Gasteiger partial charge in [0.15, 0.2) is 0 Å². The van der Waals surface area contributed by atoms with E-state index in [1.807, 2.05) is 18.0 Å². The lowest BCUT2D eigenvalue weighted by molar-refractivity contribution is 0.201. The van der Waals surface area contributed by atoms with Crippen molar-refractivity contribution in [1.29, 1.82) is 0 Å². The standard InChI is InChI=1S/C17H21ClN4O2/c1-12-19-7-9-21(12)11-14-4-3-8-22(14)17(23)20-13-5-6-15(18)16(10-13)24-2/h5-7,9-10,14H,3-4,8,11H2,1-2H3,(H,20,23)/t14-/m0/s1. The number of nitrogens with zero attached hydrogens (tertiary/aromatic N) is 3. The van der Waals surface area contributed by atoms with Gasteiger partial charge in [-0.25, -0.2) is 9.78 Å². The lowest BCUT2D eigenvalue weighted by Gasteiger charge is -2.25. The van der Waals surface area contributed by atoms with Gasteiger partial charge >= 0.3 is 6.03 Å². The lowest BCUT2D eigenvalue weighted by atomic mass is 10.2. The summed E-state index contributed by atoms with van der Waals surface area (Å²) in [7, 11) is 1.55. The minimum Gasteiger partial charge on any atom is -0.495 e. The number of amides is 2. The van der Waals surface area contributed by atoms with Gasteiger partial charge in [-0.15, -0.1) is 0 Å². The third kappa shape index (κ3) is 3.48. The predicted octanol–water partition coefficient (Wildman–Crippen LogP) is 3.55. The number of carbonyl (C=O) groups excluding carboxylic acids is 1. The van der Waals surface area contributed by atoms with E-state index in [0.717, 1.165) is 31.8 Å². The molecule has 1 N–H and O–H groups in total. The van der Waals surface area contributed by atoms with Crippen molar-refractivity contribution in [2.24, 2.45) is 0 Å². The highest BCUT2D eigenvalue weighted by molar-refractivity contribution is 6.32. The van der Waals surface area contributed by atoms with Gasteiger partial charge in [-0.1, -0.05) is 11.6 Å². The topological polar surface area (TPSA) is 59.4 Å². The van der Waals surface area contributed by atoms with Crippen LogP contribution in [0.1, 0.15) is 18.7 Å². The second-order valence-electron chi connectivity index (χ2n) is 5.90. The predicted molar refractivity (Wildman–Crippen MR) is 93.7 cm³/mol. The molecule has 6 nitrogen and oxygen atoms in total. The van der Waals surface area contributed by atoms with Crippen LogP contribution >= 0.6 is 11.6 Å². The molecule has 1 aromatic carbocycles. The molecule has 1 fully saturated rings. The molecule has 1 aliphatic heterocycles. The molecule has 0 bridgehead atoms. The maximum absolute atomic E-state index is 12.6. The number of benzene rings is 1. The third-order valence-electron chi connectivity index (χ3n) is 4.37. The number of imidazole rings is 1. The van der Waals surface area contributed by atoms with E-state index in [4.69, 9.17) is 16.3 Å². The van der Waals surface area contributed by atoms with Gasteiger partial charge in [0.05, 0.1) is 18.2 Å². The SMILES string of the molecule is COc1cc(NC(=O)N2CCC[C@H]2Cn2ccnc2C)ccc1Cl. The normalized spacial score (nSPS) is 17.1. The second kappa shape index (κ2) is 7.13. The summed E-state index contributed by atoms with van der Waals surface area (Å²) in [6.07, 6.45) is 5.74. The van der Waals surface area contributed by atoms with Crippen molar-refractivity contribution in [1.82, 2.24) is 14.5 Å². The number of hydrogen-bond donors (Lipinski definition) is 1. The quantitative estimate of drug-likeness (QED) is 0.919. The molecule has 1 aliphatic rings. The number of ether oxygens (including phenoxy) is 1. The van der Waals surface area contributed by atoms with Crippen LogP contribution in [-0.2, 0) is 6.54 Å². The maximum atomic E-state index is 12.6. The first-order valence-electron chi connectivity index (χ1n) is 7.97. The van der Waals surface area contributed by atoms with Gasteiger partial charge < -0.3 is 19.5 Å². The molecule has 1 aromatic heterocycles. The van der Waals surface area contributed by atoms with Crippen LogP contribution in [0.4, 0.5) is 10.5 Å². The molecule has 2 heterocycles. The van der Waals surface area contributed by atoms with Crippen molar-refractivity contribution in [2.45, 2.75) is 32.4 Å². The largest absolute Gasteiger partial charge is 0.495 e. The lowest BCUT2D eigenvalue weighted by Crippen LogP contribution is -2.40. The summed E-state index contributed by atoms with van der Waals surface area (Å²) in [5.74, 6) is 1.51. The molecule has 128 valence electrons. The van der Waals surface area contributed by atoms with E-state index in [-0.39, 0.29) is 12.1 Å². The summed E-state index contributed by atoms with van der Waals surface area (Å²) in [6.45, 7) is 3.50. The molecule has 3 rings (SSSR count). The molecular formula is C17H21ClN4O2. The molecule has 0 radical (unpaired) electrons. The highest BCUT2D eigenvalue weighted by Crippen LogP contribution is 2.28. The van der Waals surface area contributed by atoms with Gasteiger partial charge in [-0.3, -0.25) is 0 Å². The summed E-state index contributed by atoms with van der Waals surface area (Å²) < 4.78 is 7.27. The number of halogens is 1. The fourth-order valence-corrected chi connectivity index (χ4v) is 3.24. The first kappa shape index (κ1) is 16.6. The van der Waals surface area contributed by atoms with Crippen molar-refractivity contribution >= 4 is 23.3 Å². The van der Waals surface area contributed by atoms with E-state index in [1.54, 1.807) is 31.5 Å². The van der Waals surface area contributed by atoms with Crippen LogP contribution in [0.15, 0.2) is 30.6 Å². The van der Waals surface area contributed by atoms with Gasteiger partial charge in [0, 0.05) is 37.2 Å². The van der Waals surface area contributed by atoms with Crippen LogP contribution < -0.4 is 10.1 Å². The fraction of sp³-hybridized carbons (Fsp3) is 0.412. The highest BCUT2D eigenvalue weighted by Gasteiger charge is 2.29. The molecule has 0 spiro atoms. The van der Waals surface area contributed by atoms with Crippen LogP contribution in [0.2, 0.25) is 5.02 Å². The van der Waals surface area contributed by atoms with Gasteiger partial charge in [-0.05, 0) is 31.9 Å². The second-order valence-corrected chi connectivity index (χ2v) is 6.30. The van der Waals surface area contributed by atoms with E-state index in [9.17, 15) is 4.79 Å². The fourth-order valence-electron chi connectivity index (χ4n) is 3.05. The zero-order valence-electron chi connectivity index (χ0n) is 13.8. The number of hydrogen-bond acceptors (Lipinski definition) is 3. The Balaban J connectivity index is 1.68. The monoisotopic (exact) mass is 348 g/mol. The summed E-state index contributed by atoms with van der Waals surface area (Å²) >= 11 is 6.02. The van der Waals surface area contributed by atoms with Crippen LogP contribution in [0.5, 0.6) is 5.75 Å². The Morgan fingerprint density at radius 1 is 1.50 bits per heavy atom. The summed E-state index contributed by atoms with van der Waals surface area (Å²) in [5.41, 5.74) is 0.672. The van der Waals surface area contributed by atoms with Crippen molar-refractivity contribution in [3.63, 3.8) is 0 Å². The third-order valence-corrected chi connectivity index (χ3v) is 4.68. The van der Waals surface area contributed by atoms with Crippen LogP contribution in [0.25, 0.3) is 0 Å². The van der Waals surface area contributed by atoms with E-state index in [2.05, 4.69) is 14.9 Å². The van der Waals surface area contributed by atoms with Crippen molar-refractivity contribution in [3.8, 4) is 5.75 Å². The average molecular weight is 349 g/mol. The summed E-state index contributed by atoms with van der Waals surface area (Å²) in [4.78, 5) is 18.8. The molecular weight excluding hydrogens is 328 g/mol. The Hall–Kier alpha value is -2.21. The number of nitrogens with one attached hydrogen (secondary N) is 1. The number of rotatable bonds is 4. The van der Waals surface area contributed by atoms with Crippen molar-refractivity contribution in [3.05, 3.63) is 41.4 Å². The zero-order valence-corrected chi connectivity index (χ0v) is 14.6. The number of carbonyl (C=O) groups is 1. The Bertz CT molecular complexity index is 731. The smallest absolute Gasteiger partial charge is 0.322 e. The summed E-state index contributed by atoms with van der Waals surface area (Å²) in [6, 6.07) is 5.29. The maximum Gasteiger partial charge on any atom is 0.322 e. The minimum atomic E-state index is -0.0976. The van der Waals surface area contributed by atoms with E-state index in [1.165, 1.54) is 0 Å². The number of methoxy groups -OCH3 is 1. The van der Waals surface area contributed by atoms with Crippen molar-refractivity contribution in [2.75, 3.05) is 19.0 Å². The molecule has 1 atom stereocenters. The molecule has 2 aromatic rings. The molecule has 7 heteroatoms. The van der Waals surface area contributed by atoms with E-state index < -0.39 is 0 Å². The van der Waals surface area contributed by atoms with E-state index in [0.29, 0.717) is 16.5 Å². The Morgan fingerprint density at radius 3 is 3.04 bits per heavy atom. The molecule has 0 aliphatic carbocycles.